The monoisotopic (exact) mass is 279 g/mol. The van der Waals surface area contributed by atoms with E-state index in [9.17, 15) is 14.7 Å². The molecule has 0 aliphatic carbocycles. The van der Waals surface area contributed by atoms with Crippen LogP contribution in [0.2, 0.25) is 0 Å². The molecule has 0 radical (unpaired) electrons. The van der Waals surface area contributed by atoms with Crippen LogP contribution < -0.4 is 16.4 Å². The van der Waals surface area contributed by atoms with Crippen molar-refractivity contribution in [3.63, 3.8) is 0 Å². The Balaban J connectivity index is 2.55. The fourth-order valence-corrected chi connectivity index (χ4v) is 1.46. The Morgan fingerprint density at radius 1 is 1.25 bits per heavy atom. The van der Waals surface area contributed by atoms with E-state index in [0.29, 0.717) is 18.5 Å². The van der Waals surface area contributed by atoms with Gasteiger partial charge in [-0.2, -0.15) is 0 Å². The number of amides is 3. The summed E-state index contributed by atoms with van der Waals surface area (Å²) in [6, 6.07) is 6.21. The molecule has 3 amide bonds. The van der Waals surface area contributed by atoms with E-state index in [4.69, 9.17) is 5.73 Å². The molecule has 0 heterocycles. The first kappa shape index (κ1) is 16.0. The van der Waals surface area contributed by atoms with Crippen molar-refractivity contribution >= 4 is 11.9 Å². The van der Waals surface area contributed by atoms with Crippen LogP contribution in [-0.4, -0.2) is 29.2 Å². The summed E-state index contributed by atoms with van der Waals surface area (Å²) in [7, 11) is 0. The van der Waals surface area contributed by atoms with Crippen molar-refractivity contribution in [3.05, 3.63) is 35.4 Å². The molecule has 1 unspecified atom stereocenters. The second-order valence-electron chi connectivity index (χ2n) is 4.95. The molecule has 0 saturated carbocycles. The fraction of sp³-hybridized carbons (Fsp3) is 0.429. The number of nitrogens with one attached hydrogen (secondary N) is 2. The number of carbonyl (C=O) groups is 2. The number of nitrogens with two attached hydrogens (primary N) is 1. The first-order valence-corrected chi connectivity index (χ1v) is 6.47. The maximum absolute atomic E-state index is 11.9. The predicted octanol–water partition coefficient (Wildman–Crippen LogP) is 0.746. The Labute approximate surface area is 118 Å². The highest BCUT2D eigenvalue weighted by Crippen LogP contribution is 2.08. The zero-order valence-electron chi connectivity index (χ0n) is 11.8. The Morgan fingerprint density at radius 3 is 2.35 bits per heavy atom. The molecule has 0 spiro atoms. The standard InChI is InChI=1S/C14H21N3O3/c1-3-14(2,20)9-17-12(18)11-6-4-10(5-7-11)8-16-13(15)19/h4-7,20H,3,8-9H2,1-2H3,(H,17,18)(H3,15,16,19). The van der Waals surface area contributed by atoms with Gasteiger partial charge in [0.2, 0.25) is 0 Å². The number of urea groups is 1. The molecule has 1 atom stereocenters. The van der Waals surface area contributed by atoms with Gasteiger partial charge in [0.05, 0.1) is 5.60 Å². The quantitative estimate of drug-likeness (QED) is 0.617. The summed E-state index contributed by atoms with van der Waals surface area (Å²) in [5, 5.41) is 15.0. The van der Waals surface area contributed by atoms with Crippen molar-refractivity contribution in [1.82, 2.24) is 10.6 Å². The van der Waals surface area contributed by atoms with E-state index >= 15 is 0 Å². The number of aliphatic hydroxyl groups is 1. The zero-order valence-corrected chi connectivity index (χ0v) is 11.8. The van der Waals surface area contributed by atoms with Gasteiger partial charge >= 0.3 is 6.03 Å². The van der Waals surface area contributed by atoms with Crippen LogP contribution in [0.3, 0.4) is 0 Å². The van der Waals surface area contributed by atoms with Crippen LogP contribution in [0.5, 0.6) is 0 Å². The Kier molecular flexibility index (Phi) is 5.52. The minimum atomic E-state index is -0.902. The van der Waals surface area contributed by atoms with Gasteiger partial charge in [-0.1, -0.05) is 19.1 Å². The summed E-state index contributed by atoms with van der Waals surface area (Å²) in [4.78, 5) is 22.5. The van der Waals surface area contributed by atoms with Crippen LogP contribution in [0.4, 0.5) is 4.79 Å². The summed E-state index contributed by atoms with van der Waals surface area (Å²) in [5.74, 6) is -0.242. The predicted molar refractivity (Wildman–Crippen MR) is 76.1 cm³/mol. The van der Waals surface area contributed by atoms with E-state index in [1.54, 1.807) is 31.2 Å². The van der Waals surface area contributed by atoms with Crippen molar-refractivity contribution in [1.29, 1.82) is 0 Å². The average molecular weight is 279 g/mol. The van der Waals surface area contributed by atoms with Gasteiger partial charge in [-0.05, 0) is 31.0 Å². The lowest BCUT2D eigenvalue weighted by molar-refractivity contribution is 0.0518. The van der Waals surface area contributed by atoms with E-state index < -0.39 is 11.6 Å². The van der Waals surface area contributed by atoms with Crippen molar-refractivity contribution in [2.24, 2.45) is 5.73 Å². The number of carbonyl (C=O) groups excluding carboxylic acids is 2. The molecule has 0 saturated heterocycles. The number of primary amides is 1. The van der Waals surface area contributed by atoms with Gasteiger partial charge in [-0.15, -0.1) is 0 Å². The molecule has 20 heavy (non-hydrogen) atoms. The zero-order chi connectivity index (χ0) is 15.2. The molecule has 110 valence electrons. The van der Waals surface area contributed by atoms with Gasteiger partial charge in [0, 0.05) is 18.7 Å². The number of rotatable bonds is 6. The summed E-state index contributed by atoms with van der Waals surface area (Å²) >= 11 is 0. The molecule has 6 heteroatoms. The fourth-order valence-electron chi connectivity index (χ4n) is 1.46. The molecule has 1 rings (SSSR count). The highest BCUT2D eigenvalue weighted by molar-refractivity contribution is 5.94. The van der Waals surface area contributed by atoms with Gasteiger partial charge in [0.1, 0.15) is 0 Å². The molecule has 0 aromatic heterocycles. The van der Waals surface area contributed by atoms with E-state index in [-0.39, 0.29) is 12.5 Å². The van der Waals surface area contributed by atoms with Crippen LogP contribution in [0, 0.1) is 0 Å². The maximum atomic E-state index is 11.9. The van der Waals surface area contributed by atoms with Crippen molar-refractivity contribution in [3.8, 4) is 0 Å². The van der Waals surface area contributed by atoms with Gasteiger partial charge in [-0.25, -0.2) is 4.79 Å². The number of benzene rings is 1. The van der Waals surface area contributed by atoms with Crippen LogP contribution in [0.1, 0.15) is 36.2 Å². The summed E-state index contributed by atoms with van der Waals surface area (Å²) in [6.07, 6.45) is 0.561. The third-order valence-corrected chi connectivity index (χ3v) is 3.07. The molecule has 1 aromatic carbocycles. The molecule has 1 aromatic rings. The lowest BCUT2D eigenvalue weighted by Gasteiger charge is -2.21. The van der Waals surface area contributed by atoms with Crippen molar-refractivity contribution in [2.75, 3.05) is 6.54 Å². The van der Waals surface area contributed by atoms with Crippen molar-refractivity contribution in [2.45, 2.75) is 32.4 Å². The molecule has 6 nitrogen and oxygen atoms in total. The smallest absolute Gasteiger partial charge is 0.312 e. The highest BCUT2D eigenvalue weighted by atomic mass is 16.3. The topological polar surface area (TPSA) is 104 Å². The Hall–Kier alpha value is -2.08. The first-order chi connectivity index (χ1) is 9.34. The molecule has 5 N–H and O–H groups in total. The number of hydrogen-bond acceptors (Lipinski definition) is 3. The van der Waals surface area contributed by atoms with Crippen LogP contribution >= 0.6 is 0 Å². The summed E-state index contributed by atoms with van der Waals surface area (Å²) < 4.78 is 0. The molecule has 0 bridgehead atoms. The minimum absolute atomic E-state index is 0.202. The molecule has 0 aliphatic heterocycles. The van der Waals surface area contributed by atoms with Gasteiger partial charge in [0.25, 0.3) is 5.91 Å². The third kappa shape index (κ3) is 5.27. The van der Waals surface area contributed by atoms with E-state index in [1.165, 1.54) is 0 Å². The van der Waals surface area contributed by atoms with Crippen LogP contribution in [-0.2, 0) is 6.54 Å². The highest BCUT2D eigenvalue weighted by Gasteiger charge is 2.18. The van der Waals surface area contributed by atoms with E-state index in [2.05, 4.69) is 10.6 Å². The third-order valence-electron chi connectivity index (χ3n) is 3.07. The molecular weight excluding hydrogens is 258 g/mol. The van der Waals surface area contributed by atoms with Crippen LogP contribution in [0.15, 0.2) is 24.3 Å². The normalized spacial score (nSPS) is 13.3. The first-order valence-electron chi connectivity index (χ1n) is 6.47. The number of hydrogen-bond donors (Lipinski definition) is 4. The maximum Gasteiger partial charge on any atom is 0.312 e. The van der Waals surface area contributed by atoms with E-state index in [0.717, 1.165) is 5.56 Å². The second kappa shape index (κ2) is 6.91. The summed E-state index contributed by atoms with van der Waals surface area (Å²) in [5.41, 5.74) is 5.42. The largest absolute Gasteiger partial charge is 0.388 e. The lowest BCUT2D eigenvalue weighted by Crippen LogP contribution is -2.40. The average Bonchev–Trinajstić information content (AvgIpc) is 2.43. The Morgan fingerprint density at radius 2 is 1.85 bits per heavy atom. The van der Waals surface area contributed by atoms with Crippen LogP contribution in [0.25, 0.3) is 0 Å². The second-order valence-corrected chi connectivity index (χ2v) is 4.95. The van der Waals surface area contributed by atoms with E-state index in [1.807, 2.05) is 6.92 Å². The lowest BCUT2D eigenvalue weighted by atomic mass is 10.0. The van der Waals surface area contributed by atoms with Gasteiger partial charge in [0.15, 0.2) is 0 Å². The molecular formula is C14H21N3O3. The SMILES string of the molecule is CCC(C)(O)CNC(=O)c1ccc(CNC(N)=O)cc1. The van der Waals surface area contributed by atoms with Gasteiger partial charge in [-0.3, -0.25) is 4.79 Å². The molecule has 0 aliphatic rings. The Bertz CT molecular complexity index is 469. The molecule has 0 fully saturated rings. The van der Waals surface area contributed by atoms with Crippen molar-refractivity contribution < 1.29 is 14.7 Å². The minimum Gasteiger partial charge on any atom is -0.388 e. The summed E-state index contributed by atoms with van der Waals surface area (Å²) in [6.45, 7) is 4.05. The van der Waals surface area contributed by atoms with Gasteiger partial charge < -0.3 is 21.5 Å².